The number of nitrogens with two attached hydrogens (primary N) is 1. The zero-order valence-electron chi connectivity index (χ0n) is 12.5. The quantitative estimate of drug-likeness (QED) is 0.786. The standard InChI is InChI=1S/C16H24N2OS/c1-4-12(3)18(5-2)16(19)14(15(17)20)11-13-9-7-6-8-10-13/h6-10,12,14H,4-5,11H2,1-3H3,(H2,17,20). The van der Waals surface area contributed by atoms with Gasteiger partial charge in [-0.25, -0.2) is 0 Å². The molecule has 2 unspecified atom stereocenters. The lowest BCUT2D eigenvalue weighted by molar-refractivity contribution is -0.135. The van der Waals surface area contributed by atoms with Crippen LogP contribution in [0.1, 0.15) is 32.8 Å². The molecule has 1 rings (SSSR count). The van der Waals surface area contributed by atoms with E-state index in [4.69, 9.17) is 18.0 Å². The maximum absolute atomic E-state index is 12.7. The maximum atomic E-state index is 12.7. The van der Waals surface area contributed by atoms with Gasteiger partial charge in [-0.3, -0.25) is 4.79 Å². The fraction of sp³-hybridized carbons (Fsp3) is 0.500. The molecule has 0 spiro atoms. The first kappa shape index (κ1) is 16.6. The Kier molecular flexibility index (Phi) is 6.65. The Morgan fingerprint density at radius 1 is 1.30 bits per heavy atom. The Morgan fingerprint density at radius 3 is 2.35 bits per heavy atom. The summed E-state index contributed by atoms with van der Waals surface area (Å²) in [5.41, 5.74) is 6.89. The van der Waals surface area contributed by atoms with Crippen molar-refractivity contribution in [3.8, 4) is 0 Å². The third-order valence-electron chi connectivity index (χ3n) is 3.67. The zero-order chi connectivity index (χ0) is 15.1. The van der Waals surface area contributed by atoms with Crippen LogP contribution in [0.25, 0.3) is 0 Å². The van der Waals surface area contributed by atoms with Crippen LogP contribution in [0, 0.1) is 5.92 Å². The highest BCUT2D eigenvalue weighted by molar-refractivity contribution is 7.80. The number of nitrogens with zero attached hydrogens (tertiary/aromatic N) is 1. The van der Waals surface area contributed by atoms with Crippen LogP contribution in [-0.2, 0) is 11.2 Å². The molecule has 0 bridgehead atoms. The fourth-order valence-corrected chi connectivity index (χ4v) is 2.45. The zero-order valence-corrected chi connectivity index (χ0v) is 13.3. The van der Waals surface area contributed by atoms with Crippen LogP contribution in [0.15, 0.2) is 30.3 Å². The minimum Gasteiger partial charge on any atom is -0.393 e. The van der Waals surface area contributed by atoms with Crippen molar-refractivity contribution in [1.82, 2.24) is 4.90 Å². The van der Waals surface area contributed by atoms with Gasteiger partial charge in [-0.2, -0.15) is 0 Å². The van der Waals surface area contributed by atoms with Crippen LogP contribution >= 0.6 is 12.2 Å². The van der Waals surface area contributed by atoms with Crippen molar-refractivity contribution in [2.24, 2.45) is 11.7 Å². The minimum absolute atomic E-state index is 0.0400. The van der Waals surface area contributed by atoms with Crippen molar-refractivity contribution >= 4 is 23.1 Å². The fourth-order valence-electron chi connectivity index (χ4n) is 2.26. The second-order valence-electron chi connectivity index (χ2n) is 5.03. The Hall–Kier alpha value is -1.42. The van der Waals surface area contributed by atoms with Gasteiger partial charge in [0, 0.05) is 12.6 Å². The van der Waals surface area contributed by atoms with Gasteiger partial charge in [-0.15, -0.1) is 0 Å². The molecular weight excluding hydrogens is 268 g/mol. The second-order valence-corrected chi connectivity index (χ2v) is 5.50. The molecule has 2 N–H and O–H groups in total. The van der Waals surface area contributed by atoms with E-state index in [1.54, 1.807) is 0 Å². The summed E-state index contributed by atoms with van der Waals surface area (Å²) in [6.07, 6.45) is 1.50. The molecule has 0 saturated heterocycles. The second kappa shape index (κ2) is 8.00. The van der Waals surface area contributed by atoms with E-state index in [2.05, 4.69) is 13.8 Å². The molecule has 2 atom stereocenters. The number of hydrogen-bond donors (Lipinski definition) is 1. The van der Waals surface area contributed by atoms with Gasteiger partial charge in [-0.1, -0.05) is 49.5 Å². The van der Waals surface area contributed by atoms with E-state index in [0.29, 0.717) is 13.0 Å². The number of carbonyl (C=O) groups excluding carboxylic acids is 1. The number of benzene rings is 1. The summed E-state index contributed by atoms with van der Waals surface area (Å²) in [5, 5.41) is 0. The van der Waals surface area contributed by atoms with Crippen LogP contribution < -0.4 is 5.73 Å². The lowest BCUT2D eigenvalue weighted by atomic mass is 9.97. The molecule has 4 heteroatoms. The van der Waals surface area contributed by atoms with Gasteiger partial charge in [0.25, 0.3) is 0 Å². The summed E-state index contributed by atoms with van der Waals surface area (Å²) >= 11 is 5.11. The predicted octanol–water partition coefficient (Wildman–Crippen LogP) is 2.78. The SMILES string of the molecule is CCC(C)N(CC)C(=O)C(Cc1ccccc1)C(N)=S. The molecule has 0 aromatic heterocycles. The summed E-state index contributed by atoms with van der Waals surface area (Å²) in [6, 6.07) is 10.1. The van der Waals surface area contributed by atoms with E-state index >= 15 is 0 Å². The molecule has 0 aliphatic heterocycles. The Labute approximate surface area is 127 Å². The molecule has 1 aromatic rings. The van der Waals surface area contributed by atoms with Crippen LogP contribution in [0.3, 0.4) is 0 Å². The molecule has 0 radical (unpaired) electrons. The first-order valence-corrected chi connectivity index (χ1v) is 7.55. The third kappa shape index (κ3) is 4.30. The van der Waals surface area contributed by atoms with Gasteiger partial charge in [0.2, 0.25) is 5.91 Å². The number of rotatable bonds is 7. The minimum atomic E-state index is -0.415. The van der Waals surface area contributed by atoms with Crippen molar-refractivity contribution in [1.29, 1.82) is 0 Å². The predicted molar refractivity (Wildman–Crippen MR) is 87.6 cm³/mol. The molecule has 1 amide bonds. The highest BCUT2D eigenvalue weighted by Gasteiger charge is 2.28. The summed E-state index contributed by atoms with van der Waals surface area (Å²) < 4.78 is 0. The number of hydrogen-bond acceptors (Lipinski definition) is 2. The molecule has 110 valence electrons. The Balaban J connectivity index is 2.90. The van der Waals surface area contributed by atoms with E-state index in [-0.39, 0.29) is 16.9 Å². The van der Waals surface area contributed by atoms with Crippen molar-refractivity contribution in [2.45, 2.75) is 39.7 Å². The van der Waals surface area contributed by atoms with Crippen molar-refractivity contribution in [3.63, 3.8) is 0 Å². The molecule has 0 fully saturated rings. The summed E-state index contributed by atoms with van der Waals surface area (Å²) in [7, 11) is 0. The smallest absolute Gasteiger partial charge is 0.233 e. The largest absolute Gasteiger partial charge is 0.393 e. The van der Waals surface area contributed by atoms with Crippen LogP contribution in [0.4, 0.5) is 0 Å². The number of carbonyl (C=O) groups is 1. The van der Waals surface area contributed by atoms with Crippen LogP contribution in [0.5, 0.6) is 0 Å². The van der Waals surface area contributed by atoms with E-state index in [9.17, 15) is 4.79 Å². The van der Waals surface area contributed by atoms with Gasteiger partial charge < -0.3 is 10.6 Å². The topological polar surface area (TPSA) is 46.3 Å². The average molecular weight is 292 g/mol. The molecule has 3 nitrogen and oxygen atoms in total. The Morgan fingerprint density at radius 2 is 1.90 bits per heavy atom. The highest BCUT2D eigenvalue weighted by Crippen LogP contribution is 2.15. The lowest BCUT2D eigenvalue weighted by Gasteiger charge is -2.30. The van der Waals surface area contributed by atoms with E-state index in [1.807, 2.05) is 42.2 Å². The van der Waals surface area contributed by atoms with Gasteiger partial charge in [0.05, 0.1) is 10.9 Å². The highest BCUT2D eigenvalue weighted by atomic mass is 32.1. The summed E-state index contributed by atoms with van der Waals surface area (Å²) in [5.74, 6) is -0.375. The monoisotopic (exact) mass is 292 g/mol. The lowest BCUT2D eigenvalue weighted by Crippen LogP contribution is -2.46. The molecule has 0 heterocycles. The Bertz CT molecular complexity index is 447. The van der Waals surface area contributed by atoms with Crippen molar-refractivity contribution < 1.29 is 4.79 Å². The average Bonchev–Trinajstić information content (AvgIpc) is 2.45. The molecule has 0 aliphatic rings. The first-order valence-electron chi connectivity index (χ1n) is 7.14. The number of thiocarbonyl (C=S) groups is 1. The van der Waals surface area contributed by atoms with Crippen molar-refractivity contribution in [2.75, 3.05) is 6.54 Å². The first-order chi connectivity index (χ1) is 9.51. The number of amides is 1. The molecule has 0 saturated carbocycles. The molecule has 20 heavy (non-hydrogen) atoms. The maximum Gasteiger partial charge on any atom is 0.233 e. The van der Waals surface area contributed by atoms with Crippen LogP contribution in [0.2, 0.25) is 0 Å². The molecule has 0 aliphatic carbocycles. The molecular formula is C16H24N2OS. The van der Waals surface area contributed by atoms with Gasteiger partial charge in [0.15, 0.2) is 0 Å². The summed E-state index contributed by atoms with van der Waals surface area (Å²) in [4.78, 5) is 14.8. The van der Waals surface area contributed by atoms with Gasteiger partial charge in [0.1, 0.15) is 0 Å². The van der Waals surface area contributed by atoms with E-state index in [0.717, 1.165) is 12.0 Å². The van der Waals surface area contributed by atoms with Crippen molar-refractivity contribution in [3.05, 3.63) is 35.9 Å². The van der Waals surface area contributed by atoms with Crippen LogP contribution in [-0.4, -0.2) is 28.4 Å². The normalized spacial score (nSPS) is 13.6. The third-order valence-corrected chi connectivity index (χ3v) is 3.96. The van der Waals surface area contributed by atoms with E-state index in [1.165, 1.54) is 0 Å². The molecule has 1 aromatic carbocycles. The van der Waals surface area contributed by atoms with Gasteiger partial charge in [-0.05, 0) is 32.3 Å². The van der Waals surface area contributed by atoms with E-state index < -0.39 is 5.92 Å². The summed E-state index contributed by atoms with van der Waals surface area (Å²) in [6.45, 7) is 6.80. The van der Waals surface area contributed by atoms with Gasteiger partial charge >= 0.3 is 0 Å².